The van der Waals surface area contributed by atoms with E-state index in [4.69, 9.17) is 11.6 Å². The van der Waals surface area contributed by atoms with Crippen LogP contribution in [-0.4, -0.2) is 28.1 Å². The molecule has 0 aliphatic carbocycles. The third kappa shape index (κ3) is 4.49. The van der Waals surface area contributed by atoms with Gasteiger partial charge in [0.25, 0.3) is 11.8 Å². The summed E-state index contributed by atoms with van der Waals surface area (Å²) in [6.45, 7) is 6.88. The van der Waals surface area contributed by atoms with Crippen LogP contribution in [0.2, 0.25) is 5.02 Å². The maximum absolute atomic E-state index is 12.9. The Balaban J connectivity index is 2.28. The van der Waals surface area contributed by atoms with Gasteiger partial charge in [0.15, 0.2) is 5.78 Å². The fourth-order valence-electron chi connectivity index (χ4n) is 2.30. The van der Waals surface area contributed by atoms with Gasteiger partial charge in [0.2, 0.25) is 0 Å². The number of benzene rings is 2. The first-order chi connectivity index (χ1) is 12.1. The highest BCUT2D eigenvalue weighted by atomic mass is 35.5. The second-order valence-electron chi connectivity index (χ2n) is 6.87. The van der Waals surface area contributed by atoms with Crippen LogP contribution in [0.5, 0.6) is 0 Å². The molecule has 2 aromatic carbocycles. The average molecular weight is 373 g/mol. The molecule has 0 radical (unpaired) electrons. The van der Waals surface area contributed by atoms with E-state index in [1.54, 1.807) is 69.3 Å². The SMILES string of the molecule is CC(=O)c1ccc(C(=O)NN(C(=O)c2ccccc2Cl)C(C)(C)C)cc1. The molecule has 5 nitrogen and oxygen atoms in total. The molecule has 0 aliphatic rings. The van der Waals surface area contributed by atoms with Crippen LogP contribution in [0.1, 0.15) is 58.8 Å². The Hall–Kier alpha value is -2.66. The number of halogens is 1. The second-order valence-corrected chi connectivity index (χ2v) is 7.27. The molecule has 2 aromatic rings. The van der Waals surface area contributed by atoms with Gasteiger partial charge in [-0.3, -0.25) is 19.8 Å². The van der Waals surface area contributed by atoms with Crippen molar-refractivity contribution in [3.05, 3.63) is 70.2 Å². The summed E-state index contributed by atoms with van der Waals surface area (Å²) < 4.78 is 0. The molecule has 2 rings (SSSR count). The second kappa shape index (κ2) is 7.70. The molecule has 1 N–H and O–H groups in total. The number of hydrazine groups is 1. The minimum absolute atomic E-state index is 0.0813. The lowest BCUT2D eigenvalue weighted by atomic mass is 10.1. The topological polar surface area (TPSA) is 66.5 Å². The van der Waals surface area contributed by atoms with Crippen molar-refractivity contribution < 1.29 is 14.4 Å². The van der Waals surface area contributed by atoms with Crippen LogP contribution in [0.15, 0.2) is 48.5 Å². The van der Waals surface area contributed by atoms with Crippen molar-refractivity contribution in [3.8, 4) is 0 Å². The molecule has 136 valence electrons. The van der Waals surface area contributed by atoms with Crippen LogP contribution in [0, 0.1) is 0 Å². The minimum Gasteiger partial charge on any atom is -0.295 e. The molecule has 0 aliphatic heterocycles. The van der Waals surface area contributed by atoms with Gasteiger partial charge in [-0.15, -0.1) is 0 Å². The highest BCUT2D eigenvalue weighted by Gasteiger charge is 2.30. The molecule has 0 spiro atoms. The average Bonchev–Trinajstić information content (AvgIpc) is 2.58. The molecule has 0 aromatic heterocycles. The number of hydrogen-bond donors (Lipinski definition) is 1. The first-order valence-electron chi connectivity index (χ1n) is 8.12. The Morgan fingerprint density at radius 1 is 0.923 bits per heavy atom. The first kappa shape index (κ1) is 19.7. The smallest absolute Gasteiger partial charge is 0.274 e. The predicted octanol–water partition coefficient (Wildman–Crippen LogP) is 4.13. The van der Waals surface area contributed by atoms with Crippen LogP contribution in [-0.2, 0) is 0 Å². The number of hydrogen-bond acceptors (Lipinski definition) is 3. The van der Waals surface area contributed by atoms with E-state index in [1.807, 2.05) is 0 Å². The zero-order valence-electron chi connectivity index (χ0n) is 15.2. The number of nitrogens with zero attached hydrogens (tertiary/aromatic N) is 1. The first-order valence-corrected chi connectivity index (χ1v) is 8.50. The van der Waals surface area contributed by atoms with E-state index >= 15 is 0 Å². The van der Waals surface area contributed by atoms with Crippen LogP contribution in [0.4, 0.5) is 0 Å². The van der Waals surface area contributed by atoms with Crippen molar-refractivity contribution in [1.29, 1.82) is 0 Å². The zero-order chi connectivity index (χ0) is 19.5. The standard InChI is InChI=1S/C20H21ClN2O3/c1-13(24)14-9-11-15(12-10-14)18(25)22-23(20(2,3)4)19(26)16-7-5-6-8-17(16)21/h5-12H,1-4H3,(H,22,25). The summed E-state index contributed by atoms with van der Waals surface area (Å²) in [6, 6.07) is 12.9. The van der Waals surface area contributed by atoms with Crippen molar-refractivity contribution in [3.63, 3.8) is 0 Å². The number of ketones is 1. The number of Topliss-reactive ketones (excluding diaryl/α,β-unsaturated/α-hetero) is 1. The maximum Gasteiger partial charge on any atom is 0.274 e. The van der Waals surface area contributed by atoms with Gasteiger partial charge in [0.05, 0.1) is 16.1 Å². The fourth-order valence-corrected chi connectivity index (χ4v) is 2.52. The van der Waals surface area contributed by atoms with Gasteiger partial charge >= 0.3 is 0 Å². The quantitative estimate of drug-likeness (QED) is 0.650. The van der Waals surface area contributed by atoms with E-state index in [9.17, 15) is 14.4 Å². The number of amides is 2. The Labute approximate surface area is 157 Å². The molecule has 26 heavy (non-hydrogen) atoms. The molecule has 2 amide bonds. The van der Waals surface area contributed by atoms with E-state index in [0.29, 0.717) is 21.7 Å². The molecular formula is C20H21ClN2O3. The summed E-state index contributed by atoms with van der Waals surface area (Å²) >= 11 is 6.12. The van der Waals surface area contributed by atoms with Crippen molar-refractivity contribution in [2.45, 2.75) is 33.2 Å². The number of nitrogens with one attached hydrogen (secondary N) is 1. The predicted molar refractivity (Wildman–Crippen MR) is 101 cm³/mol. The Morgan fingerprint density at radius 3 is 1.96 bits per heavy atom. The van der Waals surface area contributed by atoms with Gasteiger partial charge < -0.3 is 0 Å². The van der Waals surface area contributed by atoms with Crippen molar-refractivity contribution in [2.75, 3.05) is 0 Å². The Kier molecular flexibility index (Phi) is 5.83. The van der Waals surface area contributed by atoms with Crippen molar-refractivity contribution >= 4 is 29.2 Å². The summed E-state index contributed by atoms with van der Waals surface area (Å²) in [6.07, 6.45) is 0. The molecule has 0 atom stereocenters. The summed E-state index contributed by atoms with van der Waals surface area (Å²) in [7, 11) is 0. The van der Waals surface area contributed by atoms with E-state index < -0.39 is 17.4 Å². The van der Waals surface area contributed by atoms with Crippen molar-refractivity contribution in [1.82, 2.24) is 10.4 Å². The van der Waals surface area contributed by atoms with E-state index in [2.05, 4.69) is 5.43 Å². The third-order valence-electron chi connectivity index (χ3n) is 3.75. The molecule has 6 heteroatoms. The molecule has 0 saturated heterocycles. The fraction of sp³-hybridized carbons (Fsp3) is 0.250. The largest absolute Gasteiger partial charge is 0.295 e. The maximum atomic E-state index is 12.9. The summed E-state index contributed by atoms with van der Waals surface area (Å²) in [5, 5.41) is 1.57. The molecule has 0 saturated carbocycles. The van der Waals surface area contributed by atoms with E-state index in [1.165, 1.54) is 11.9 Å². The summed E-state index contributed by atoms with van der Waals surface area (Å²) in [5.41, 5.74) is 3.13. The Morgan fingerprint density at radius 2 is 1.46 bits per heavy atom. The zero-order valence-corrected chi connectivity index (χ0v) is 15.9. The highest BCUT2D eigenvalue weighted by Crippen LogP contribution is 2.21. The molecule has 0 heterocycles. The van der Waals surface area contributed by atoms with Gasteiger partial charge in [0, 0.05) is 11.1 Å². The highest BCUT2D eigenvalue weighted by molar-refractivity contribution is 6.33. The molecular weight excluding hydrogens is 352 g/mol. The normalized spacial score (nSPS) is 11.0. The number of rotatable bonds is 3. The Bertz CT molecular complexity index is 839. The van der Waals surface area contributed by atoms with Crippen LogP contribution >= 0.6 is 11.6 Å². The minimum atomic E-state index is -0.675. The van der Waals surface area contributed by atoms with Crippen molar-refractivity contribution in [2.24, 2.45) is 0 Å². The van der Waals surface area contributed by atoms with Gasteiger partial charge in [0.1, 0.15) is 0 Å². The molecule has 0 unspecified atom stereocenters. The van der Waals surface area contributed by atoms with Gasteiger partial charge in [-0.25, -0.2) is 5.01 Å². The lowest BCUT2D eigenvalue weighted by Crippen LogP contribution is -2.55. The van der Waals surface area contributed by atoms with Crippen LogP contribution < -0.4 is 5.43 Å². The van der Waals surface area contributed by atoms with E-state index in [0.717, 1.165) is 0 Å². The van der Waals surface area contributed by atoms with Gasteiger partial charge in [-0.2, -0.15) is 0 Å². The summed E-state index contributed by atoms with van der Waals surface area (Å²) in [4.78, 5) is 36.8. The van der Waals surface area contributed by atoms with Gasteiger partial charge in [-0.05, 0) is 52.0 Å². The summed E-state index contributed by atoms with van der Waals surface area (Å²) in [5.74, 6) is -0.936. The monoisotopic (exact) mass is 372 g/mol. The van der Waals surface area contributed by atoms with Crippen LogP contribution in [0.3, 0.4) is 0 Å². The lowest BCUT2D eigenvalue weighted by molar-refractivity contribution is 0.0359. The lowest BCUT2D eigenvalue weighted by Gasteiger charge is -2.35. The van der Waals surface area contributed by atoms with Gasteiger partial charge in [-0.1, -0.05) is 35.9 Å². The van der Waals surface area contributed by atoms with Crippen LogP contribution in [0.25, 0.3) is 0 Å². The molecule has 0 fully saturated rings. The molecule has 0 bridgehead atoms. The third-order valence-corrected chi connectivity index (χ3v) is 4.07. The number of carbonyl (C=O) groups excluding carboxylic acids is 3. The number of carbonyl (C=O) groups is 3. The van der Waals surface area contributed by atoms with E-state index in [-0.39, 0.29) is 5.78 Å².